The van der Waals surface area contributed by atoms with Crippen LogP contribution in [0.5, 0.6) is 0 Å². The summed E-state index contributed by atoms with van der Waals surface area (Å²) in [5, 5.41) is 15.4. The van der Waals surface area contributed by atoms with Gasteiger partial charge in [0.05, 0.1) is 5.54 Å². The van der Waals surface area contributed by atoms with E-state index in [0.29, 0.717) is 13.0 Å². The molecule has 1 aliphatic rings. The fraction of sp³-hybridized carbons (Fsp3) is 0.929. The highest BCUT2D eigenvalue weighted by molar-refractivity contribution is 5.86. The Morgan fingerprint density at radius 3 is 2.72 bits per heavy atom. The molecule has 1 saturated heterocycles. The van der Waals surface area contributed by atoms with E-state index in [-0.39, 0.29) is 23.5 Å². The van der Waals surface area contributed by atoms with Crippen molar-refractivity contribution >= 4 is 5.91 Å². The van der Waals surface area contributed by atoms with Crippen LogP contribution in [0.1, 0.15) is 52.9 Å². The lowest BCUT2D eigenvalue weighted by Gasteiger charge is -2.31. The second kappa shape index (κ2) is 6.53. The Kier molecular flexibility index (Phi) is 5.60. The van der Waals surface area contributed by atoms with Gasteiger partial charge < -0.3 is 15.7 Å². The van der Waals surface area contributed by atoms with Crippen molar-refractivity contribution in [3.8, 4) is 0 Å². The molecule has 0 aliphatic carbocycles. The van der Waals surface area contributed by atoms with Crippen molar-refractivity contribution in [2.24, 2.45) is 5.41 Å². The van der Waals surface area contributed by atoms with E-state index in [1.165, 1.54) is 0 Å². The molecule has 0 bridgehead atoms. The van der Waals surface area contributed by atoms with E-state index in [0.717, 1.165) is 32.2 Å². The van der Waals surface area contributed by atoms with Crippen molar-refractivity contribution in [3.63, 3.8) is 0 Å². The lowest BCUT2D eigenvalue weighted by atomic mass is 9.87. The number of aliphatic hydroxyl groups excluding tert-OH is 1. The van der Waals surface area contributed by atoms with E-state index < -0.39 is 0 Å². The third kappa shape index (κ3) is 3.95. The first-order chi connectivity index (χ1) is 8.46. The molecular weight excluding hydrogens is 228 g/mol. The third-order valence-corrected chi connectivity index (χ3v) is 3.87. The average Bonchev–Trinajstić information content (AvgIpc) is 2.76. The molecule has 1 aliphatic heterocycles. The van der Waals surface area contributed by atoms with Crippen LogP contribution in [0.25, 0.3) is 0 Å². The Labute approximate surface area is 111 Å². The first kappa shape index (κ1) is 15.4. The second-order valence-corrected chi connectivity index (χ2v) is 6.18. The topological polar surface area (TPSA) is 61.4 Å². The van der Waals surface area contributed by atoms with Crippen LogP contribution in [0.3, 0.4) is 0 Å². The predicted molar refractivity (Wildman–Crippen MR) is 73.4 cm³/mol. The van der Waals surface area contributed by atoms with E-state index >= 15 is 0 Å². The molecule has 3 N–H and O–H groups in total. The number of rotatable bonds is 7. The molecule has 1 fully saturated rings. The lowest BCUT2D eigenvalue weighted by Crippen LogP contribution is -2.54. The number of amides is 1. The molecule has 1 atom stereocenters. The number of carbonyl (C=O) groups is 1. The largest absolute Gasteiger partial charge is 0.396 e. The van der Waals surface area contributed by atoms with Crippen LogP contribution in [0, 0.1) is 5.41 Å². The Bertz CT molecular complexity index is 271. The van der Waals surface area contributed by atoms with Gasteiger partial charge >= 0.3 is 0 Å². The molecule has 18 heavy (non-hydrogen) atoms. The fourth-order valence-corrected chi connectivity index (χ4v) is 2.63. The van der Waals surface area contributed by atoms with Crippen molar-refractivity contribution < 1.29 is 9.90 Å². The van der Waals surface area contributed by atoms with Crippen LogP contribution in [0.4, 0.5) is 0 Å². The van der Waals surface area contributed by atoms with Gasteiger partial charge in [0.25, 0.3) is 0 Å². The summed E-state index contributed by atoms with van der Waals surface area (Å²) in [6.07, 6.45) is 4.64. The van der Waals surface area contributed by atoms with Gasteiger partial charge in [0.2, 0.25) is 5.91 Å². The molecule has 1 unspecified atom stereocenters. The fourth-order valence-electron chi connectivity index (χ4n) is 2.63. The summed E-state index contributed by atoms with van der Waals surface area (Å²) in [7, 11) is 0. The van der Waals surface area contributed by atoms with Crippen LogP contribution in [0.2, 0.25) is 0 Å². The number of hydrogen-bond donors (Lipinski definition) is 3. The molecule has 0 spiro atoms. The highest BCUT2D eigenvalue weighted by Gasteiger charge is 2.40. The van der Waals surface area contributed by atoms with Gasteiger partial charge in [-0.15, -0.1) is 0 Å². The van der Waals surface area contributed by atoms with Crippen LogP contribution >= 0.6 is 0 Å². The quantitative estimate of drug-likeness (QED) is 0.646. The first-order valence-electron chi connectivity index (χ1n) is 7.10. The molecular formula is C14H28N2O2. The van der Waals surface area contributed by atoms with Crippen LogP contribution in [-0.2, 0) is 4.79 Å². The lowest BCUT2D eigenvalue weighted by molar-refractivity contribution is -0.128. The standard InChI is InChI=1S/C14H28N2O2/c1-4-6-14(7-5-9-16-14)12(18)15-11-13(2,3)8-10-17/h16-17H,4-11H2,1-3H3,(H,15,18). The summed E-state index contributed by atoms with van der Waals surface area (Å²) in [6, 6.07) is 0. The monoisotopic (exact) mass is 256 g/mol. The average molecular weight is 256 g/mol. The van der Waals surface area contributed by atoms with Crippen LogP contribution in [-0.4, -0.2) is 36.2 Å². The highest BCUT2D eigenvalue weighted by Crippen LogP contribution is 2.26. The molecule has 0 aromatic carbocycles. The van der Waals surface area contributed by atoms with Crippen LogP contribution in [0.15, 0.2) is 0 Å². The Morgan fingerprint density at radius 1 is 1.50 bits per heavy atom. The van der Waals surface area contributed by atoms with Gasteiger partial charge in [-0.05, 0) is 37.6 Å². The van der Waals surface area contributed by atoms with E-state index in [1.807, 2.05) is 0 Å². The normalized spacial score (nSPS) is 24.2. The molecule has 0 saturated carbocycles. The predicted octanol–water partition coefficient (Wildman–Crippen LogP) is 1.43. The van der Waals surface area contributed by atoms with Crippen LogP contribution < -0.4 is 10.6 Å². The first-order valence-corrected chi connectivity index (χ1v) is 7.10. The highest BCUT2D eigenvalue weighted by atomic mass is 16.3. The molecule has 0 aromatic heterocycles. The molecule has 0 radical (unpaired) electrons. The van der Waals surface area contributed by atoms with Gasteiger partial charge in [-0.2, -0.15) is 0 Å². The summed E-state index contributed by atoms with van der Waals surface area (Å²) in [5.41, 5.74) is -0.388. The minimum absolute atomic E-state index is 0.0452. The Hall–Kier alpha value is -0.610. The molecule has 106 valence electrons. The van der Waals surface area contributed by atoms with Crippen molar-refractivity contribution in [2.75, 3.05) is 19.7 Å². The van der Waals surface area contributed by atoms with E-state index in [4.69, 9.17) is 5.11 Å². The third-order valence-electron chi connectivity index (χ3n) is 3.87. The van der Waals surface area contributed by atoms with Crippen molar-refractivity contribution in [1.82, 2.24) is 10.6 Å². The summed E-state index contributed by atoms with van der Waals surface area (Å²) in [5.74, 6) is 0.132. The second-order valence-electron chi connectivity index (χ2n) is 6.18. The zero-order chi connectivity index (χ0) is 13.6. The number of nitrogens with one attached hydrogen (secondary N) is 2. The molecule has 0 aromatic rings. The zero-order valence-corrected chi connectivity index (χ0v) is 12.0. The number of aliphatic hydroxyl groups is 1. The van der Waals surface area contributed by atoms with Gasteiger partial charge in [0, 0.05) is 13.2 Å². The molecule has 4 nitrogen and oxygen atoms in total. The van der Waals surface area contributed by atoms with E-state index in [1.54, 1.807) is 0 Å². The maximum Gasteiger partial charge on any atom is 0.240 e. The van der Waals surface area contributed by atoms with Gasteiger partial charge in [-0.1, -0.05) is 27.2 Å². The molecule has 1 rings (SSSR count). The van der Waals surface area contributed by atoms with Crippen molar-refractivity contribution in [3.05, 3.63) is 0 Å². The summed E-state index contributed by atoms with van der Waals surface area (Å²) in [4.78, 5) is 12.4. The van der Waals surface area contributed by atoms with Gasteiger partial charge in [0.15, 0.2) is 0 Å². The maximum atomic E-state index is 12.4. The van der Waals surface area contributed by atoms with Gasteiger partial charge in [-0.3, -0.25) is 4.79 Å². The summed E-state index contributed by atoms with van der Waals surface area (Å²) >= 11 is 0. The van der Waals surface area contributed by atoms with Crippen molar-refractivity contribution in [2.45, 2.75) is 58.4 Å². The smallest absolute Gasteiger partial charge is 0.240 e. The van der Waals surface area contributed by atoms with Crippen molar-refractivity contribution in [1.29, 1.82) is 0 Å². The van der Waals surface area contributed by atoms with E-state index in [9.17, 15) is 4.79 Å². The summed E-state index contributed by atoms with van der Waals surface area (Å²) in [6.45, 7) is 7.98. The minimum Gasteiger partial charge on any atom is -0.396 e. The Balaban J connectivity index is 2.52. The molecule has 1 amide bonds. The molecule has 4 heteroatoms. The maximum absolute atomic E-state index is 12.4. The van der Waals surface area contributed by atoms with Gasteiger partial charge in [0.1, 0.15) is 0 Å². The van der Waals surface area contributed by atoms with E-state index in [2.05, 4.69) is 31.4 Å². The Morgan fingerprint density at radius 2 is 2.22 bits per heavy atom. The number of hydrogen-bond acceptors (Lipinski definition) is 3. The SMILES string of the molecule is CCCC1(C(=O)NCC(C)(C)CCO)CCCN1. The zero-order valence-electron chi connectivity index (χ0n) is 12.0. The van der Waals surface area contributed by atoms with Gasteiger partial charge in [-0.25, -0.2) is 0 Å². The minimum atomic E-state index is -0.343. The number of carbonyl (C=O) groups excluding carboxylic acids is 1. The summed E-state index contributed by atoms with van der Waals surface area (Å²) < 4.78 is 0. The molecule has 1 heterocycles.